The zero-order valence-electron chi connectivity index (χ0n) is 17.1. The molecule has 2 aromatic rings. The van der Waals surface area contributed by atoms with Crippen LogP contribution in [-0.2, 0) is 14.4 Å². The van der Waals surface area contributed by atoms with E-state index in [1.54, 1.807) is 11.3 Å². The number of piperidine rings is 1. The summed E-state index contributed by atoms with van der Waals surface area (Å²) in [5.74, 6) is 0.0837. The monoisotopic (exact) mass is 425 g/mol. The minimum Gasteiger partial charge on any atom is -0.343 e. The van der Waals surface area contributed by atoms with Gasteiger partial charge in [-0.05, 0) is 37.8 Å². The van der Waals surface area contributed by atoms with Crippen molar-refractivity contribution in [1.29, 1.82) is 0 Å². The molecule has 2 aliphatic heterocycles. The van der Waals surface area contributed by atoms with Crippen molar-refractivity contribution in [3.05, 3.63) is 29.3 Å². The third-order valence-electron chi connectivity index (χ3n) is 6.99. The molecule has 0 spiro atoms. The Morgan fingerprint density at radius 3 is 2.33 bits per heavy atom. The fraction of sp³-hybridized carbons (Fsp3) is 0.565. The highest BCUT2D eigenvalue weighted by atomic mass is 32.1. The van der Waals surface area contributed by atoms with Crippen LogP contribution in [-0.4, -0.2) is 52.1 Å². The number of nitrogens with zero attached hydrogens (tertiary/aromatic N) is 3. The molecule has 3 fully saturated rings. The van der Waals surface area contributed by atoms with Crippen molar-refractivity contribution in [2.24, 2.45) is 11.8 Å². The van der Waals surface area contributed by atoms with Crippen LogP contribution < -0.4 is 0 Å². The topological polar surface area (TPSA) is 70.6 Å². The van der Waals surface area contributed by atoms with Crippen LogP contribution in [0.1, 0.15) is 55.9 Å². The molecule has 0 N–H and O–H groups in total. The van der Waals surface area contributed by atoms with E-state index in [1.165, 1.54) is 14.6 Å². The second-order valence-corrected chi connectivity index (χ2v) is 9.81. The molecule has 0 radical (unpaired) electrons. The van der Waals surface area contributed by atoms with Gasteiger partial charge in [0.25, 0.3) is 0 Å². The van der Waals surface area contributed by atoms with Gasteiger partial charge in [-0.15, -0.1) is 11.3 Å². The summed E-state index contributed by atoms with van der Waals surface area (Å²) < 4.78 is 1.21. The maximum Gasteiger partial charge on any atom is 0.233 e. The van der Waals surface area contributed by atoms with Crippen molar-refractivity contribution in [1.82, 2.24) is 14.8 Å². The maximum atomic E-state index is 12.7. The Bertz CT molecular complexity index is 922. The lowest BCUT2D eigenvalue weighted by molar-refractivity contribution is -0.141. The summed E-state index contributed by atoms with van der Waals surface area (Å²) in [6, 6.07) is 8.20. The molecule has 0 bridgehead atoms. The Morgan fingerprint density at radius 2 is 1.67 bits per heavy atom. The summed E-state index contributed by atoms with van der Waals surface area (Å²) in [7, 11) is 0. The van der Waals surface area contributed by atoms with E-state index in [4.69, 9.17) is 4.98 Å². The molecule has 1 aliphatic carbocycles. The average Bonchev–Trinajstić information content (AvgIpc) is 3.32. The Labute approximate surface area is 180 Å². The van der Waals surface area contributed by atoms with Gasteiger partial charge in [0, 0.05) is 32.0 Å². The third kappa shape index (κ3) is 3.53. The van der Waals surface area contributed by atoms with Crippen molar-refractivity contribution in [2.75, 3.05) is 19.6 Å². The van der Waals surface area contributed by atoms with E-state index in [-0.39, 0.29) is 42.5 Å². The maximum absolute atomic E-state index is 12.7. The van der Waals surface area contributed by atoms with Gasteiger partial charge in [-0.25, -0.2) is 4.98 Å². The average molecular weight is 426 g/mol. The van der Waals surface area contributed by atoms with Gasteiger partial charge in [-0.3, -0.25) is 19.3 Å². The Balaban J connectivity index is 1.14. The number of carbonyl (C=O) groups is 3. The molecular weight excluding hydrogens is 398 g/mol. The Morgan fingerprint density at radius 1 is 1.00 bits per heavy atom. The first-order chi connectivity index (χ1) is 14.6. The van der Waals surface area contributed by atoms with Gasteiger partial charge in [0.2, 0.25) is 17.7 Å². The molecular formula is C23H27N3O3S. The summed E-state index contributed by atoms with van der Waals surface area (Å²) in [6.45, 7) is 1.67. The molecule has 7 heteroatoms. The first-order valence-corrected chi connectivity index (χ1v) is 11.9. The zero-order valence-corrected chi connectivity index (χ0v) is 17.9. The summed E-state index contributed by atoms with van der Waals surface area (Å²) in [5, 5.41) is 1.17. The number of benzene rings is 1. The summed E-state index contributed by atoms with van der Waals surface area (Å²) >= 11 is 1.75. The first-order valence-electron chi connectivity index (χ1n) is 11.1. The van der Waals surface area contributed by atoms with Gasteiger partial charge in [0.1, 0.15) is 0 Å². The van der Waals surface area contributed by atoms with Gasteiger partial charge < -0.3 is 4.90 Å². The molecule has 6 nitrogen and oxygen atoms in total. The molecule has 158 valence electrons. The summed E-state index contributed by atoms with van der Waals surface area (Å²) in [4.78, 5) is 45.9. The van der Waals surface area contributed by atoms with Crippen molar-refractivity contribution >= 4 is 39.3 Å². The number of thiazole rings is 1. The molecule has 3 heterocycles. The van der Waals surface area contributed by atoms with E-state index in [0.29, 0.717) is 19.0 Å². The van der Waals surface area contributed by atoms with Crippen LogP contribution in [0, 0.1) is 11.8 Å². The second-order valence-electron chi connectivity index (χ2n) is 8.75. The Kier molecular flexibility index (Phi) is 5.31. The number of likely N-dealkylation sites (tertiary alicyclic amines) is 2. The van der Waals surface area contributed by atoms with Crippen molar-refractivity contribution in [2.45, 2.75) is 50.9 Å². The van der Waals surface area contributed by atoms with Gasteiger partial charge in [-0.1, -0.05) is 25.0 Å². The number of imide groups is 1. The van der Waals surface area contributed by atoms with Crippen LogP contribution in [0.2, 0.25) is 0 Å². The lowest BCUT2D eigenvalue weighted by Gasteiger charge is -2.31. The molecule has 1 saturated carbocycles. The molecule has 1 aromatic carbocycles. The molecule has 3 amide bonds. The molecule has 5 rings (SSSR count). The number of rotatable bonds is 4. The molecule has 30 heavy (non-hydrogen) atoms. The fourth-order valence-electron chi connectivity index (χ4n) is 5.26. The SMILES string of the molecule is O=C(CCN1C(=O)[C@@H]2CCCC[C@H]2C1=O)N1CCC(c2nc3ccccc3s2)CC1. The number of fused-ring (bicyclic) bond motifs is 2. The van der Waals surface area contributed by atoms with E-state index >= 15 is 0 Å². The highest BCUT2D eigenvalue weighted by Crippen LogP contribution is 2.38. The Hall–Kier alpha value is -2.28. The van der Waals surface area contributed by atoms with E-state index in [2.05, 4.69) is 6.07 Å². The smallest absolute Gasteiger partial charge is 0.233 e. The normalized spacial score (nSPS) is 25.2. The fourth-order valence-corrected chi connectivity index (χ4v) is 6.39. The van der Waals surface area contributed by atoms with Crippen molar-refractivity contribution in [3.8, 4) is 0 Å². The molecule has 2 saturated heterocycles. The van der Waals surface area contributed by atoms with Gasteiger partial charge in [0.15, 0.2) is 0 Å². The van der Waals surface area contributed by atoms with E-state index in [1.807, 2.05) is 23.1 Å². The van der Waals surface area contributed by atoms with Crippen molar-refractivity contribution in [3.63, 3.8) is 0 Å². The predicted octanol–water partition coefficient (Wildman–Crippen LogP) is 3.57. The minimum atomic E-state index is -0.133. The van der Waals surface area contributed by atoms with E-state index in [0.717, 1.165) is 44.0 Å². The van der Waals surface area contributed by atoms with Crippen LogP contribution in [0.25, 0.3) is 10.2 Å². The van der Waals surface area contributed by atoms with Crippen LogP contribution in [0.3, 0.4) is 0 Å². The quantitative estimate of drug-likeness (QED) is 0.702. The number of para-hydroxylation sites is 1. The number of amides is 3. The lowest BCUT2D eigenvalue weighted by atomic mass is 9.81. The van der Waals surface area contributed by atoms with Gasteiger partial charge in [0.05, 0.1) is 27.1 Å². The lowest BCUT2D eigenvalue weighted by Crippen LogP contribution is -2.40. The largest absolute Gasteiger partial charge is 0.343 e. The highest BCUT2D eigenvalue weighted by Gasteiger charge is 2.47. The predicted molar refractivity (Wildman–Crippen MR) is 115 cm³/mol. The number of carbonyl (C=O) groups excluding carboxylic acids is 3. The van der Waals surface area contributed by atoms with Gasteiger partial charge in [-0.2, -0.15) is 0 Å². The van der Waals surface area contributed by atoms with Crippen LogP contribution in [0.4, 0.5) is 0 Å². The summed E-state index contributed by atoms with van der Waals surface area (Å²) in [5.41, 5.74) is 1.05. The number of hydrogen-bond acceptors (Lipinski definition) is 5. The number of aromatic nitrogens is 1. The molecule has 2 atom stereocenters. The standard InChI is InChI=1S/C23H27N3O3S/c27-20(11-14-26-22(28)16-5-1-2-6-17(16)23(26)29)25-12-9-15(10-13-25)21-24-18-7-3-4-8-19(18)30-21/h3-4,7-8,15-17H,1-2,5-6,9-14H2/t16-,17-/m1/s1. The third-order valence-corrected chi connectivity index (χ3v) is 8.19. The molecule has 3 aliphatic rings. The van der Waals surface area contributed by atoms with Crippen molar-refractivity contribution < 1.29 is 14.4 Å². The van der Waals surface area contributed by atoms with Crippen LogP contribution in [0.5, 0.6) is 0 Å². The molecule has 0 unspecified atom stereocenters. The van der Waals surface area contributed by atoms with Gasteiger partial charge >= 0.3 is 0 Å². The van der Waals surface area contributed by atoms with Crippen LogP contribution in [0.15, 0.2) is 24.3 Å². The van der Waals surface area contributed by atoms with E-state index < -0.39 is 0 Å². The molecule has 1 aromatic heterocycles. The minimum absolute atomic E-state index is 0.0490. The second kappa shape index (κ2) is 8.10. The van der Waals surface area contributed by atoms with E-state index in [9.17, 15) is 14.4 Å². The first kappa shape index (κ1) is 19.7. The van der Waals surface area contributed by atoms with Crippen LogP contribution >= 0.6 is 11.3 Å². The number of hydrogen-bond donors (Lipinski definition) is 0. The summed E-state index contributed by atoms with van der Waals surface area (Å²) in [6.07, 6.45) is 5.75. The zero-order chi connectivity index (χ0) is 20.7. The highest BCUT2D eigenvalue weighted by molar-refractivity contribution is 7.18.